The van der Waals surface area contributed by atoms with E-state index in [0.717, 1.165) is 16.4 Å². The monoisotopic (exact) mass is 308 g/mol. The zero-order valence-electron chi connectivity index (χ0n) is 10.9. The van der Waals surface area contributed by atoms with Gasteiger partial charge in [-0.3, -0.25) is 0 Å². The maximum atomic E-state index is 5.96. The highest BCUT2D eigenvalue weighted by atomic mass is 79.9. The van der Waals surface area contributed by atoms with Crippen LogP contribution in [0.2, 0.25) is 0 Å². The van der Waals surface area contributed by atoms with Crippen LogP contribution >= 0.6 is 15.9 Å². The van der Waals surface area contributed by atoms with E-state index < -0.39 is 0 Å². The van der Waals surface area contributed by atoms with Crippen LogP contribution < -0.4 is 10.6 Å². The molecular weight excluding hydrogens is 288 g/mol. The second kappa shape index (κ2) is 4.86. The molecule has 2 N–H and O–H groups in total. The van der Waals surface area contributed by atoms with E-state index in [1.54, 1.807) is 0 Å². The summed E-state index contributed by atoms with van der Waals surface area (Å²) in [5, 5.41) is 0. The van der Waals surface area contributed by atoms with Gasteiger partial charge in [-0.1, -0.05) is 22.0 Å². The number of nitrogens with two attached hydrogens (primary N) is 1. The van der Waals surface area contributed by atoms with Crippen molar-refractivity contribution in [3.63, 3.8) is 0 Å². The smallest absolute Gasteiger partial charge is 0.0380 e. The summed E-state index contributed by atoms with van der Waals surface area (Å²) in [5.41, 5.74) is 8.52. The summed E-state index contributed by atoms with van der Waals surface area (Å²) in [5.74, 6) is 0.942. The molecule has 2 fully saturated rings. The van der Waals surface area contributed by atoms with Gasteiger partial charge in [-0.25, -0.2) is 0 Å². The topological polar surface area (TPSA) is 29.3 Å². The quantitative estimate of drug-likeness (QED) is 0.895. The number of hydrogen-bond donors (Lipinski definition) is 1. The average Bonchev–Trinajstić information content (AvgIpc) is 3.18. The molecule has 0 aliphatic heterocycles. The van der Waals surface area contributed by atoms with E-state index in [0.29, 0.717) is 0 Å². The molecule has 0 aromatic heterocycles. The van der Waals surface area contributed by atoms with Gasteiger partial charge in [0.05, 0.1) is 0 Å². The minimum Gasteiger partial charge on any atom is -0.368 e. The maximum absolute atomic E-state index is 5.96. The number of hydrogen-bond acceptors (Lipinski definition) is 2. The van der Waals surface area contributed by atoms with Crippen LogP contribution in [0.15, 0.2) is 22.7 Å². The van der Waals surface area contributed by atoms with Crippen molar-refractivity contribution in [2.24, 2.45) is 11.7 Å². The Labute approximate surface area is 118 Å². The molecule has 0 bridgehead atoms. The molecule has 1 unspecified atom stereocenters. The molecule has 0 amide bonds. The molecule has 0 spiro atoms. The molecule has 18 heavy (non-hydrogen) atoms. The second-order valence-electron chi connectivity index (χ2n) is 5.82. The maximum Gasteiger partial charge on any atom is 0.0380 e. The predicted molar refractivity (Wildman–Crippen MR) is 79.8 cm³/mol. The van der Waals surface area contributed by atoms with Crippen LogP contribution in [-0.2, 0) is 0 Å². The van der Waals surface area contributed by atoms with Gasteiger partial charge in [-0.15, -0.1) is 0 Å². The predicted octanol–water partition coefficient (Wildman–Crippen LogP) is 3.85. The third-order valence-corrected chi connectivity index (χ3v) is 4.63. The standard InChI is InChI=1S/C15H21BrN2/c1-10(17)14-7-6-13(8-15(14)16)18(12-4-5-12)9-11-2-3-11/h6-8,10-12H,2-5,9,17H2,1H3. The summed E-state index contributed by atoms with van der Waals surface area (Å²) in [4.78, 5) is 2.60. The molecule has 2 aliphatic rings. The molecule has 0 radical (unpaired) electrons. The lowest BCUT2D eigenvalue weighted by Gasteiger charge is -2.25. The second-order valence-corrected chi connectivity index (χ2v) is 6.68. The Balaban J connectivity index is 1.82. The summed E-state index contributed by atoms with van der Waals surface area (Å²) in [6.45, 7) is 3.28. The highest BCUT2D eigenvalue weighted by Gasteiger charge is 2.33. The summed E-state index contributed by atoms with van der Waals surface area (Å²) >= 11 is 3.66. The average molecular weight is 309 g/mol. The van der Waals surface area contributed by atoms with Gasteiger partial charge in [0, 0.05) is 28.8 Å². The summed E-state index contributed by atoms with van der Waals surface area (Å²) in [7, 11) is 0. The lowest BCUT2D eigenvalue weighted by Crippen LogP contribution is -2.28. The molecule has 1 atom stereocenters. The van der Waals surface area contributed by atoms with Crippen molar-refractivity contribution >= 4 is 21.6 Å². The number of halogens is 1. The van der Waals surface area contributed by atoms with Gasteiger partial charge in [-0.2, -0.15) is 0 Å². The minimum absolute atomic E-state index is 0.0891. The van der Waals surface area contributed by atoms with Crippen LogP contribution in [0.5, 0.6) is 0 Å². The van der Waals surface area contributed by atoms with Crippen molar-refractivity contribution in [2.45, 2.75) is 44.7 Å². The molecule has 98 valence electrons. The van der Waals surface area contributed by atoms with Crippen molar-refractivity contribution in [1.29, 1.82) is 0 Å². The van der Waals surface area contributed by atoms with E-state index in [2.05, 4.69) is 39.0 Å². The molecule has 0 heterocycles. The van der Waals surface area contributed by atoms with Crippen molar-refractivity contribution < 1.29 is 0 Å². The number of nitrogens with zero attached hydrogens (tertiary/aromatic N) is 1. The first kappa shape index (κ1) is 12.5. The molecular formula is C15H21BrN2. The number of rotatable bonds is 5. The van der Waals surface area contributed by atoms with Crippen molar-refractivity contribution in [1.82, 2.24) is 0 Å². The summed E-state index contributed by atoms with van der Waals surface area (Å²) < 4.78 is 1.15. The first-order valence-corrected chi connectivity index (χ1v) is 7.76. The van der Waals surface area contributed by atoms with Gasteiger partial charge in [0.2, 0.25) is 0 Å². The van der Waals surface area contributed by atoms with E-state index in [9.17, 15) is 0 Å². The Hall–Kier alpha value is -0.540. The molecule has 2 nitrogen and oxygen atoms in total. The fourth-order valence-corrected chi connectivity index (χ4v) is 3.22. The van der Waals surface area contributed by atoms with Gasteiger partial charge in [0.25, 0.3) is 0 Å². The van der Waals surface area contributed by atoms with Crippen LogP contribution in [0.4, 0.5) is 5.69 Å². The normalized spacial score (nSPS) is 20.8. The van der Waals surface area contributed by atoms with Crippen LogP contribution in [0, 0.1) is 5.92 Å². The van der Waals surface area contributed by atoms with Crippen molar-refractivity contribution in [3.8, 4) is 0 Å². The SMILES string of the molecule is CC(N)c1ccc(N(CC2CC2)C2CC2)cc1Br. The fraction of sp³-hybridized carbons (Fsp3) is 0.600. The first-order chi connectivity index (χ1) is 8.65. The highest BCUT2D eigenvalue weighted by Crippen LogP contribution is 2.39. The molecule has 0 saturated heterocycles. The van der Waals surface area contributed by atoms with Crippen LogP contribution in [0.3, 0.4) is 0 Å². The van der Waals surface area contributed by atoms with E-state index in [4.69, 9.17) is 5.73 Å². The van der Waals surface area contributed by atoms with Gasteiger partial charge in [0.1, 0.15) is 0 Å². The third-order valence-electron chi connectivity index (χ3n) is 3.95. The van der Waals surface area contributed by atoms with E-state index in [1.807, 2.05) is 6.92 Å². The molecule has 3 rings (SSSR count). The molecule has 1 aromatic rings. The van der Waals surface area contributed by atoms with E-state index in [1.165, 1.54) is 43.5 Å². The molecule has 2 aliphatic carbocycles. The zero-order chi connectivity index (χ0) is 12.7. The zero-order valence-corrected chi connectivity index (χ0v) is 12.5. The Kier molecular flexibility index (Phi) is 3.37. The van der Waals surface area contributed by atoms with E-state index >= 15 is 0 Å². The Morgan fingerprint density at radius 3 is 2.56 bits per heavy atom. The Morgan fingerprint density at radius 2 is 2.06 bits per heavy atom. The van der Waals surface area contributed by atoms with Gasteiger partial charge >= 0.3 is 0 Å². The lowest BCUT2D eigenvalue weighted by molar-refractivity contribution is 0.717. The van der Waals surface area contributed by atoms with Crippen molar-refractivity contribution in [2.75, 3.05) is 11.4 Å². The van der Waals surface area contributed by atoms with Gasteiger partial charge in [-0.05, 0) is 56.2 Å². The van der Waals surface area contributed by atoms with Crippen LogP contribution in [-0.4, -0.2) is 12.6 Å². The third kappa shape index (κ3) is 2.72. The minimum atomic E-state index is 0.0891. The summed E-state index contributed by atoms with van der Waals surface area (Å²) in [6.07, 6.45) is 5.56. The molecule has 3 heteroatoms. The number of benzene rings is 1. The number of anilines is 1. The molecule has 2 saturated carbocycles. The van der Waals surface area contributed by atoms with Gasteiger partial charge in [0.15, 0.2) is 0 Å². The first-order valence-electron chi connectivity index (χ1n) is 6.97. The Morgan fingerprint density at radius 1 is 1.33 bits per heavy atom. The van der Waals surface area contributed by atoms with E-state index in [-0.39, 0.29) is 6.04 Å². The van der Waals surface area contributed by atoms with Crippen molar-refractivity contribution in [3.05, 3.63) is 28.2 Å². The fourth-order valence-electron chi connectivity index (χ4n) is 2.49. The Bertz CT molecular complexity index is 436. The lowest BCUT2D eigenvalue weighted by atomic mass is 10.1. The largest absolute Gasteiger partial charge is 0.368 e. The highest BCUT2D eigenvalue weighted by molar-refractivity contribution is 9.10. The summed E-state index contributed by atoms with van der Waals surface area (Å²) in [6, 6.07) is 7.54. The van der Waals surface area contributed by atoms with Gasteiger partial charge < -0.3 is 10.6 Å². The van der Waals surface area contributed by atoms with Crippen LogP contribution in [0.25, 0.3) is 0 Å². The van der Waals surface area contributed by atoms with Crippen LogP contribution in [0.1, 0.15) is 44.2 Å². The molecule has 1 aromatic carbocycles.